The Kier molecular flexibility index (Phi) is 8.51. The molecule has 4 nitrogen and oxygen atoms in total. The van der Waals surface area contributed by atoms with Gasteiger partial charge in [0.15, 0.2) is 0 Å². The molecule has 0 aliphatic rings. The molecule has 0 unspecified atom stereocenters. The van der Waals surface area contributed by atoms with Gasteiger partial charge in [-0.05, 0) is 25.0 Å². The van der Waals surface area contributed by atoms with Gasteiger partial charge in [0.25, 0.3) is 0 Å². The van der Waals surface area contributed by atoms with Gasteiger partial charge in [0.05, 0.1) is 11.6 Å². The maximum Gasteiger partial charge on any atom is 0.306 e. The molecule has 0 heterocycles. The second-order valence-electron chi connectivity index (χ2n) is 4.79. The summed E-state index contributed by atoms with van der Waals surface area (Å²) in [4.78, 5) is 22.9. The van der Waals surface area contributed by atoms with Crippen molar-refractivity contribution in [3.63, 3.8) is 0 Å². The summed E-state index contributed by atoms with van der Waals surface area (Å²) in [5.74, 6) is -1.33. The molecule has 0 fully saturated rings. The van der Waals surface area contributed by atoms with Gasteiger partial charge in [-0.2, -0.15) is 0 Å². The lowest BCUT2D eigenvalue weighted by Gasteiger charge is -2.07. The van der Waals surface area contributed by atoms with Crippen molar-refractivity contribution in [1.82, 2.24) is 0 Å². The van der Waals surface area contributed by atoms with Crippen LogP contribution in [0.2, 0.25) is 5.02 Å². The molecule has 0 amide bonds. The van der Waals surface area contributed by atoms with Crippen molar-refractivity contribution < 1.29 is 23.5 Å². The van der Waals surface area contributed by atoms with Gasteiger partial charge in [0, 0.05) is 18.4 Å². The minimum Gasteiger partial charge on any atom is -0.466 e. The maximum absolute atomic E-state index is 13.5. The highest BCUT2D eigenvalue weighted by Gasteiger charge is 2.11. The van der Waals surface area contributed by atoms with E-state index in [1.807, 2.05) is 6.92 Å². The van der Waals surface area contributed by atoms with E-state index in [1.54, 1.807) is 0 Å². The minimum absolute atomic E-state index is 0.0783. The van der Waals surface area contributed by atoms with Crippen LogP contribution < -0.4 is 0 Å². The number of carbonyl (C=O) groups excluding carboxylic acids is 2. The first kappa shape index (κ1) is 18.4. The Balaban J connectivity index is 2.23. The molecule has 0 spiro atoms. The monoisotopic (exact) mass is 330 g/mol. The largest absolute Gasteiger partial charge is 0.466 e. The first-order chi connectivity index (χ1) is 10.5. The summed E-state index contributed by atoms with van der Waals surface area (Å²) >= 11 is 5.83. The van der Waals surface area contributed by atoms with E-state index in [2.05, 4.69) is 0 Å². The number of esters is 2. The van der Waals surface area contributed by atoms with Crippen molar-refractivity contribution >= 4 is 23.5 Å². The average molecular weight is 331 g/mol. The van der Waals surface area contributed by atoms with Crippen LogP contribution in [0.25, 0.3) is 0 Å². The molecular formula is C16H20ClFO4. The second kappa shape index (κ2) is 10.2. The lowest BCUT2D eigenvalue weighted by atomic mass is 10.2. The van der Waals surface area contributed by atoms with E-state index in [-0.39, 0.29) is 36.0 Å². The maximum atomic E-state index is 13.5. The number of hydrogen-bond acceptors (Lipinski definition) is 4. The first-order valence-electron chi connectivity index (χ1n) is 7.28. The van der Waals surface area contributed by atoms with E-state index >= 15 is 0 Å². The van der Waals surface area contributed by atoms with Crippen LogP contribution in [0.5, 0.6) is 0 Å². The molecule has 0 aromatic heterocycles. The number of unbranched alkanes of at least 4 members (excludes halogenated alkanes) is 1. The molecule has 22 heavy (non-hydrogen) atoms. The van der Waals surface area contributed by atoms with E-state index in [0.717, 1.165) is 12.8 Å². The third kappa shape index (κ3) is 6.89. The van der Waals surface area contributed by atoms with E-state index < -0.39 is 11.8 Å². The van der Waals surface area contributed by atoms with Crippen LogP contribution >= 0.6 is 11.6 Å². The van der Waals surface area contributed by atoms with Gasteiger partial charge in [0.2, 0.25) is 0 Å². The molecule has 0 aliphatic heterocycles. The molecule has 0 bridgehead atoms. The fraction of sp³-hybridized carbons (Fsp3) is 0.500. The van der Waals surface area contributed by atoms with Crippen molar-refractivity contribution in [1.29, 1.82) is 0 Å². The predicted octanol–water partition coefficient (Wildman–Crippen LogP) is 4.04. The number of hydrogen-bond donors (Lipinski definition) is 0. The molecule has 0 atom stereocenters. The highest BCUT2D eigenvalue weighted by molar-refractivity contribution is 6.31. The number of carbonyl (C=O) groups is 2. The van der Waals surface area contributed by atoms with Crippen molar-refractivity contribution in [2.45, 2.75) is 45.6 Å². The Morgan fingerprint density at radius 2 is 1.82 bits per heavy atom. The van der Waals surface area contributed by atoms with Crippen LogP contribution in [0.1, 0.15) is 44.6 Å². The van der Waals surface area contributed by atoms with Crippen molar-refractivity contribution in [3.05, 3.63) is 34.6 Å². The van der Waals surface area contributed by atoms with Gasteiger partial charge in [-0.3, -0.25) is 9.59 Å². The van der Waals surface area contributed by atoms with Crippen molar-refractivity contribution in [2.24, 2.45) is 0 Å². The van der Waals surface area contributed by atoms with E-state index in [1.165, 1.54) is 18.2 Å². The summed E-state index contributed by atoms with van der Waals surface area (Å²) in [5.41, 5.74) is 0.150. The standard InChI is InChI=1S/C16H20ClFO4/c1-2-3-10-21-15(19)8-5-9-16(20)22-11-12-13(17)6-4-7-14(12)18/h4,6-7H,2-3,5,8-11H2,1H3. The zero-order valence-electron chi connectivity index (χ0n) is 12.6. The first-order valence-corrected chi connectivity index (χ1v) is 7.66. The van der Waals surface area contributed by atoms with Crippen LogP contribution in [0.15, 0.2) is 18.2 Å². The predicted molar refractivity (Wildman–Crippen MR) is 80.9 cm³/mol. The van der Waals surface area contributed by atoms with Crippen LogP contribution in [0.3, 0.4) is 0 Å². The quantitative estimate of drug-likeness (QED) is 0.506. The molecule has 122 valence electrons. The number of ether oxygens (including phenoxy) is 2. The molecule has 6 heteroatoms. The molecule has 0 saturated carbocycles. The average Bonchev–Trinajstić information content (AvgIpc) is 2.47. The number of rotatable bonds is 9. The Labute approximate surface area is 134 Å². The molecule has 1 aromatic carbocycles. The van der Waals surface area contributed by atoms with Gasteiger partial charge in [0.1, 0.15) is 12.4 Å². The molecule has 0 N–H and O–H groups in total. The SMILES string of the molecule is CCCCOC(=O)CCCC(=O)OCc1c(F)cccc1Cl. The summed E-state index contributed by atoms with van der Waals surface area (Å²) in [6.45, 7) is 2.20. The van der Waals surface area contributed by atoms with Crippen molar-refractivity contribution in [2.75, 3.05) is 6.61 Å². The number of benzene rings is 1. The summed E-state index contributed by atoms with van der Waals surface area (Å²) in [6.07, 6.45) is 2.37. The van der Waals surface area contributed by atoms with Crippen molar-refractivity contribution in [3.8, 4) is 0 Å². The summed E-state index contributed by atoms with van der Waals surface area (Å²) in [5, 5.41) is 0.215. The molecule has 1 rings (SSSR count). The normalized spacial score (nSPS) is 10.3. The Morgan fingerprint density at radius 1 is 1.14 bits per heavy atom. The zero-order chi connectivity index (χ0) is 16.4. The number of halogens is 2. The zero-order valence-corrected chi connectivity index (χ0v) is 13.3. The van der Waals surface area contributed by atoms with Gasteiger partial charge < -0.3 is 9.47 Å². The summed E-state index contributed by atoms with van der Waals surface area (Å²) in [6, 6.07) is 4.26. The van der Waals surface area contributed by atoms with Gasteiger partial charge in [-0.25, -0.2) is 4.39 Å². The highest BCUT2D eigenvalue weighted by Crippen LogP contribution is 2.20. The molecule has 1 aromatic rings. The minimum atomic E-state index is -0.514. The van der Waals surface area contributed by atoms with Crippen LogP contribution in [0, 0.1) is 5.82 Å². The Morgan fingerprint density at radius 3 is 2.45 bits per heavy atom. The van der Waals surface area contributed by atoms with Gasteiger partial charge in [-0.15, -0.1) is 0 Å². The van der Waals surface area contributed by atoms with Gasteiger partial charge in [-0.1, -0.05) is 31.0 Å². The molecule has 0 saturated heterocycles. The fourth-order valence-corrected chi connectivity index (χ4v) is 1.89. The molecule has 0 aliphatic carbocycles. The topological polar surface area (TPSA) is 52.6 Å². The molecule has 0 radical (unpaired) electrons. The highest BCUT2D eigenvalue weighted by atomic mass is 35.5. The fourth-order valence-electron chi connectivity index (χ4n) is 1.67. The Hall–Kier alpha value is -1.62. The van der Waals surface area contributed by atoms with Crippen LogP contribution in [-0.2, 0) is 25.7 Å². The molecular weight excluding hydrogens is 311 g/mol. The van der Waals surface area contributed by atoms with Crippen LogP contribution in [0.4, 0.5) is 4.39 Å². The third-order valence-corrected chi connectivity index (χ3v) is 3.32. The second-order valence-corrected chi connectivity index (χ2v) is 5.20. The van der Waals surface area contributed by atoms with E-state index in [4.69, 9.17) is 21.1 Å². The van der Waals surface area contributed by atoms with E-state index in [0.29, 0.717) is 13.0 Å². The van der Waals surface area contributed by atoms with Gasteiger partial charge >= 0.3 is 11.9 Å². The lowest BCUT2D eigenvalue weighted by molar-refractivity contribution is -0.146. The smallest absolute Gasteiger partial charge is 0.306 e. The summed E-state index contributed by atoms with van der Waals surface area (Å²) < 4.78 is 23.4. The third-order valence-electron chi connectivity index (χ3n) is 2.96. The lowest BCUT2D eigenvalue weighted by Crippen LogP contribution is -2.09. The van der Waals surface area contributed by atoms with E-state index in [9.17, 15) is 14.0 Å². The Bertz CT molecular complexity index is 485. The summed E-state index contributed by atoms with van der Waals surface area (Å²) in [7, 11) is 0. The van der Waals surface area contributed by atoms with Crippen LogP contribution in [-0.4, -0.2) is 18.5 Å².